The van der Waals surface area contributed by atoms with E-state index in [9.17, 15) is 22.0 Å². The summed E-state index contributed by atoms with van der Waals surface area (Å²) in [6.07, 6.45) is 1.43. The summed E-state index contributed by atoms with van der Waals surface area (Å²) in [7, 11) is -3.05. The number of carbonyl (C=O) groups excluding carboxylic acids is 1. The number of hydrogen-bond acceptors (Lipinski definition) is 7. The summed E-state index contributed by atoms with van der Waals surface area (Å²) in [6, 6.07) is 1.53. The van der Waals surface area contributed by atoms with Crippen LogP contribution in [-0.2, 0) is 9.84 Å². The number of anilines is 2. The number of nitrogens with zero attached hydrogens (tertiary/aromatic N) is 6. The topological polar surface area (TPSA) is 114 Å². The van der Waals surface area contributed by atoms with Crippen molar-refractivity contribution in [3.63, 3.8) is 0 Å². The molecule has 1 fully saturated rings. The number of sulfone groups is 1. The monoisotopic (exact) mass is 453 g/mol. The molecule has 3 aromatic heterocycles. The van der Waals surface area contributed by atoms with Gasteiger partial charge in [0.15, 0.2) is 21.2 Å². The minimum atomic E-state index is -3.05. The molecule has 0 bridgehead atoms. The second-order valence-electron chi connectivity index (χ2n) is 7.51. The maximum Gasteiger partial charge on any atom is 0.284 e. The number of halogens is 2. The van der Waals surface area contributed by atoms with Gasteiger partial charge < -0.3 is 10.2 Å². The lowest BCUT2D eigenvalue weighted by Gasteiger charge is -2.27. The average molecular weight is 453 g/mol. The minimum absolute atomic E-state index is 0.0305. The molecule has 1 N–H and O–H groups in total. The van der Waals surface area contributed by atoms with Gasteiger partial charge in [-0.05, 0) is 19.9 Å². The van der Waals surface area contributed by atoms with Gasteiger partial charge in [0.05, 0.1) is 23.4 Å². The molecule has 0 aromatic carbocycles. The number of alkyl halides is 2. The Labute approximate surface area is 176 Å². The normalized spacial score (nSPS) is 16.4. The zero-order valence-corrected chi connectivity index (χ0v) is 17.7. The summed E-state index contributed by atoms with van der Waals surface area (Å²) in [5, 5.41) is 10.4. The van der Waals surface area contributed by atoms with Crippen molar-refractivity contribution in [2.45, 2.75) is 26.3 Å². The summed E-state index contributed by atoms with van der Waals surface area (Å²) >= 11 is 0. The van der Waals surface area contributed by atoms with E-state index in [0.717, 1.165) is 0 Å². The highest BCUT2D eigenvalue weighted by Gasteiger charge is 2.25. The summed E-state index contributed by atoms with van der Waals surface area (Å²) in [5.41, 5.74) is -0.255. The molecular weight excluding hydrogens is 432 g/mol. The largest absolute Gasteiger partial charge is 0.354 e. The molecule has 166 valence electrons. The number of nitrogens with one attached hydrogen (secondary N) is 1. The second-order valence-corrected chi connectivity index (χ2v) is 9.81. The van der Waals surface area contributed by atoms with Crippen LogP contribution in [0.1, 0.15) is 42.4 Å². The van der Waals surface area contributed by atoms with Gasteiger partial charge in [0.2, 0.25) is 0 Å². The van der Waals surface area contributed by atoms with Crippen LogP contribution in [0.4, 0.5) is 20.3 Å². The highest BCUT2D eigenvalue weighted by Crippen LogP contribution is 2.27. The molecule has 31 heavy (non-hydrogen) atoms. The van der Waals surface area contributed by atoms with Crippen molar-refractivity contribution >= 4 is 32.9 Å². The van der Waals surface area contributed by atoms with Crippen molar-refractivity contribution in [3.8, 4) is 0 Å². The highest BCUT2D eigenvalue weighted by molar-refractivity contribution is 7.91. The van der Waals surface area contributed by atoms with Crippen molar-refractivity contribution in [1.29, 1.82) is 0 Å². The van der Waals surface area contributed by atoms with E-state index < -0.39 is 27.9 Å². The predicted molar refractivity (Wildman–Crippen MR) is 109 cm³/mol. The average Bonchev–Trinajstić information content (AvgIpc) is 3.32. The smallest absolute Gasteiger partial charge is 0.284 e. The van der Waals surface area contributed by atoms with E-state index in [0.29, 0.717) is 18.9 Å². The molecule has 4 heterocycles. The van der Waals surface area contributed by atoms with Crippen LogP contribution in [-0.4, -0.2) is 63.3 Å². The van der Waals surface area contributed by atoms with Crippen molar-refractivity contribution in [1.82, 2.24) is 24.4 Å². The Kier molecular flexibility index (Phi) is 5.37. The SMILES string of the molecule is CC(C)n1cc(NC(=O)c2cnn3ccc(N4CCS(=O)(=O)CC4)nc23)c(C(F)F)n1. The van der Waals surface area contributed by atoms with Gasteiger partial charge in [0, 0.05) is 31.5 Å². The number of aromatic nitrogens is 5. The first-order valence-corrected chi connectivity index (χ1v) is 11.4. The van der Waals surface area contributed by atoms with Crippen LogP contribution >= 0.6 is 0 Å². The van der Waals surface area contributed by atoms with E-state index in [4.69, 9.17) is 0 Å². The van der Waals surface area contributed by atoms with Crippen molar-refractivity contribution in [2.24, 2.45) is 0 Å². The number of fused-ring (bicyclic) bond motifs is 1. The fraction of sp³-hybridized carbons (Fsp3) is 0.444. The lowest BCUT2D eigenvalue weighted by Crippen LogP contribution is -2.40. The van der Waals surface area contributed by atoms with Crippen molar-refractivity contribution in [2.75, 3.05) is 34.8 Å². The molecule has 0 radical (unpaired) electrons. The molecule has 0 saturated carbocycles. The third kappa shape index (κ3) is 4.22. The van der Waals surface area contributed by atoms with Gasteiger partial charge in [0.25, 0.3) is 12.3 Å². The lowest BCUT2D eigenvalue weighted by atomic mass is 10.3. The van der Waals surface area contributed by atoms with Gasteiger partial charge in [-0.3, -0.25) is 9.48 Å². The molecule has 13 heteroatoms. The molecule has 1 amide bonds. The number of hydrogen-bond donors (Lipinski definition) is 1. The second kappa shape index (κ2) is 7.87. The maximum atomic E-state index is 13.4. The summed E-state index contributed by atoms with van der Waals surface area (Å²) in [5.74, 6) is -0.0743. The molecule has 0 atom stereocenters. The first kappa shape index (κ1) is 21.2. The Hall–Kier alpha value is -3.09. The van der Waals surface area contributed by atoms with Crippen LogP contribution in [0.5, 0.6) is 0 Å². The molecule has 1 aliphatic rings. The summed E-state index contributed by atoms with van der Waals surface area (Å²) in [6.45, 7) is 4.17. The van der Waals surface area contributed by atoms with Crippen molar-refractivity contribution in [3.05, 3.63) is 35.9 Å². The van der Waals surface area contributed by atoms with E-state index in [-0.39, 0.29) is 34.4 Å². The molecule has 1 aliphatic heterocycles. The molecule has 0 aliphatic carbocycles. The fourth-order valence-corrected chi connectivity index (χ4v) is 4.46. The van der Waals surface area contributed by atoms with Gasteiger partial charge >= 0.3 is 0 Å². The van der Waals surface area contributed by atoms with Crippen molar-refractivity contribution < 1.29 is 22.0 Å². The van der Waals surface area contributed by atoms with Gasteiger partial charge in [0.1, 0.15) is 11.4 Å². The van der Waals surface area contributed by atoms with Gasteiger partial charge in [-0.2, -0.15) is 10.2 Å². The Morgan fingerprint density at radius 1 is 1.23 bits per heavy atom. The van der Waals surface area contributed by atoms with Crippen LogP contribution in [0.15, 0.2) is 24.7 Å². The standard InChI is InChI=1S/C18H21F2N7O3S/c1-11(2)27-10-13(15(24-27)16(19)20)22-18(28)12-9-21-26-4-3-14(23-17(12)26)25-5-7-31(29,30)8-6-25/h3-4,9-11,16H,5-8H2,1-2H3,(H,22,28). The van der Waals surface area contributed by atoms with E-state index >= 15 is 0 Å². The molecule has 0 unspecified atom stereocenters. The van der Waals surface area contributed by atoms with E-state index in [1.807, 2.05) is 4.90 Å². The Balaban J connectivity index is 1.62. The first-order chi connectivity index (χ1) is 14.6. The van der Waals surface area contributed by atoms with Crippen LogP contribution in [0.25, 0.3) is 5.65 Å². The maximum absolute atomic E-state index is 13.4. The predicted octanol–water partition coefficient (Wildman–Crippen LogP) is 1.93. The van der Waals surface area contributed by atoms with Crippen LogP contribution < -0.4 is 10.2 Å². The molecule has 3 aromatic rings. The molecule has 1 saturated heterocycles. The molecule has 4 rings (SSSR count). The van der Waals surface area contributed by atoms with E-state index in [1.165, 1.54) is 21.6 Å². The number of amides is 1. The number of carbonyl (C=O) groups is 1. The molecule has 0 spiro atoms. The third-order valence-electron chi connectivity index (χ3n) is 5.01. The summed E-state index contributed by atoms with van der Waals surface area (Å²) in [4.78, 5) is 19.1. The fourth-order valence-electron chi connectivity index (χ4n) is 3.25. The number of rotatable bonds is 5. The quantitative estimate of drug-likeness (QED) is 0.628. The minimum Gasteiger partial charge on any atom is -0.354 e. The Bertz CT molecular complexity index is 1220. The lowest BCUT2D eigenvalue weighted by molar-refractivity contribution is 0.102. The zero-order chi connectivity index (χ0) is 22.3. The van der Waals surface area contributed by atoms with Gasteiger partial charge in [-0.25, -0.2) is 26.7 Å². The van der Waals surface area contributed by atoms with E-state index in [2.05, 4.69) is 20.5 Å². The van der Waals surface area contributed by atoms with Gasteiger partial charge in [-0.15, -0.1) is 0 Å². The van der Waals surface area contributed by atoms with Crippen LogP contribution in [0.3, 0.4) is 0 Å². The van der Waals surface area contributed by atoms with E-state index in [1.54, 1.807) is 26.1 Å². The Morgan fingerprint density at radius 3 is 2.58 bits per heavy atom. The third-order valence-corrected chi connectivity index (χ3v) is 6.62. The van der Waals surface area contributed by atoms with Crippen LogP contribution in [0, 0.1) is 0 Å². The summed E-state index contributed by atoms with van der Waals surface area (Å²) < 4.78 is 52.8. The Morgan fingerprint density at radius 2 is 1.94 bits per heavy atom. The molecular formula is C18H21F2N7O3S. The highest BCUT2D eigenvalue weighted by atomic mass is 32.2. The zero-order valence-electron chi connectivity index (χ0n) is 16.9. The van der Waals surface area contributed by atoms with Gasteiger partial charge in [-0.1, -0.05) is 0 Å². The first-order valence-electron chi connectivity index (χ1n) is 9.63. The molecule has 10 nitrogen and oxygen atoms in total. The van der Waals surface area contributed by atoms with Crippen LogP contribution in [0.2, 0.25) is 0 Å².